The fourth-order valence-corrected chi connectivity index (χ4v) is 4.95. The van der Waals surface area contributed by atoms with Crippen LogP contribution in [0.15, 0.2) is 54.7 Å². The van der Waals surface area contributed by atoms with E-state index in [9.17, 15) is 14.4 Å². The number of pyridine rings is 1. The molecule has 0 radical (unpaired) electrons. The zero-order chi connectivity index (χ0) is 25.2. The predicted molar refractivity (Wildman–Crippen MR) is 140 cm³/mol. The second-order valence-corrected chi connectivity index (χ2v) is 9.77. The molecule has 0 atom stereocenters. The number of amides is 3. The first-order chi connectivity index (χ1) is 17.4. The van der Waals surface area contributed by atoms with Crippen LogP contribution < -0.4 is 10.6 Å². The van der Waals surface area contributed by atoms with Crippen molar-refractivity contribution in [2.75, 3.05) is 23.7 Å². The summed E-state index contributed by atoms with van der Waals surface area (Å²) in [5.74, 6) is 0.0568. The Morgan fingerprint density at radius 3 is 2.56 bits per heavy atom. The van der Waals surface area contributed by atoms with E-state index in [2.05, 4.69) is 33.8 Å². The van der Waals surface area contributed by atoms with Crippen LogP contribution in [0.2, 0.25) is 5.15 Å². The van der Waals surface area contributed by atoms with E-state index in [0.29, 0.717) is 47.4 Å². The van der Waals surface area contributed by atoms with Gasteiger partial charge in [0.2, 0.25) is 5.91 Å². The largest absolute Gasteiger partial charge is 0.339 e. The number of benzene rings is 2. The molecule has 2 aromatic carbocycles. The number of hydrogen-bond acceptors (Lipinski definition) is 4. The minimum Gasteiger partial charge on any atom is -0.339 e. The number of nitrogens with one attached hydrogen (secondary N) is 2. The maximum atomic E-state index is 13.3. The number of nitrogens with zero attached hydrogens (tertiary/aromatic N) is 2. The molecule has 3 heterocycles. The summed E-state index contributed by atoms with van der Waals surface area (Å²) < 4.78 is 0. The molecule has 0 bridgehead atoms. The lowest BCUT2D eigenvalue weighted by atomic mass is 9.87. The molecule has 3 aromatic rings. The molecule has 2 aliphatic rings. The third kappa shape index (κ3) is 5.11. The maximum Gasteiger partial charge on any atom is 0.257 e. The van der Waals surface area contributed by atoms with E-state index in [1.54, 1.807) is 24.3 Å². The van der Waals surface area contributed by atoms with Crippen LogP contribution in [0.4, 0.5) is 11.4 Å². The molecule has 3 amide bonds. The van der Waals surface area contributed by atoms with Gasteiger partial charge in [0.1, 0.15) is 5.15 Å². The van der Waals surface area contributed by atoms with Crippen molar-refractivity contribution >= 4 is 40.7 Å². The number of rotatable bonds is 4. The molecule has 1 saturated heterocycles. The zero-order valence-corrected chi connectivity index (χ0v) is 20.8. The summed E-state index contributed by atoms with van der Waals surface area (Å²) in [5.41, 5.74) is 5.69. The van der Waals surface area contributed by atoms with E-state index in [1.807, 2.05) is 17.9 Å². The fourth-order valence-electron chi connectivity index (χ4n) is 4.84. The highest BCUT2D eigenvalue weighted by molar-refractivity contribution is 6.29. The fraction of sp³-hybridized carbons (Fsp3) is 0.286. The van der Waals surface area contributed by atoms with Gasteiger partial charge in [0.05, 0.1) is 5.56 Å². The first-order valence-corrected chi connectivity index (χ1v) is 12.5. The third-order valence-corrected chi connectivity index (χ3v) is 7.23. The number of carbonyl (C=O) groups is 3. The van der Waals surface area contributed by atoms with Crippen LogP contribution in [0.1, 0.15) is 62.6 Å². The zero-order valence-electron chi connectivity index (χ0n) is 20.0. The van der Waals surface area contributed by atoms with Gasteiger partial charge < -0.3 is 15.5 Å². The average Bonchev–Trinajstić information content (AvgIpc) is 2.89. The van der Waals surface area contributed by atoms with Crippen molar-refractivity contribution in [1.82, 2.24) is 9.88 Å². The van der Waals surface area contributed by atoms with Crippen LogP contribution in [0, 0.1) is 6.92 Å². The van der Waals surface area contributed by atoms with Crippen LogP contribution in [-0.4, -0.2) is 40.7 Å². The second kappa shape index (κ2) is 10.1. The number of likely N-dealkylation sites (tertiary alicyclic amines) is 1. The Morgan fingerprint density at radius 2 is 1.81 bits per heavy atom. The Balaban J connectivity index is 1.24. The Kier molecular flexibility index (Phi) is 6.74. The Hall–Kier alpha value is -3.71. The van der Waals surface area contributed by atoms with E-state index in [-0.39, 0.29) is 17.7 Å². The van der Waals surface area contributed by atoms with Gasteiger partial charge in [-0.1, -0.05) is 29.8 Å². The molecule has 2 N–H and O–H groups in total. The highest BCUT2D eigenvalue weighted by Gasteiger charge is 2.26. The molecule has 5 rings (SSSR count). The van der Waals surface area contributed by atoms with Crippen molar-refractivity contribution in [3.05, 3.63) is 87.7 Å². The SMILES string of the molecule is Cc1ccc(C(=O)N2CCC(c3ccc4c(c3)NC(=O)CC4)CC2)cc1NC(=O)c1ccc(Cl)nc1. The van der Waals surface area contributed by atoms with Gasteiger partial charge in [-0.05, 0) is 79.1 Å². The van der Waals surface area contributed by atoms with Crippen molar-refractivity contribution in [2.45, 2.75) is 38.5 Å². The van der Waals surface area contributed by atoms with Crippen LogP contribution in [-0.2, 0) is 11.2 Å². The van der Waals surface area contributed by atoms with Gasteiger partial charge in [-0.3, -0.25) is 14.4 Å². The summed E-state index contributed by atoms with van der Waals surface area (Å²) in [6.07, 6.45) is 4.46. The molecule has 8 heteroatoms. The molecule has 0 spiro atoms. The molecule has 7 nitrogen and oxygen atoms in total. The Morgan fingerprint density at radius 1 is 1.03 bits per heavy atom. The van der Waals surface area contributed by atoms with E-state index in [0.717, 1.165) is 30.5 Å². The molecular weight excluding hydrogens is 476 g/mol. The van der Waals surface area contributed by atoms with Crippen LogP contribution in [0.25, 0.3) is 0 Å². The number of aromatic nitrogens is 1. The summed E-state index contributed by atoms with van der Waals surface area (Å²) in [7, 11) is 0. The van der Waals surface area contributed by atoms with Gasteiger partial charge in [0.15, 0.2) is 0 Å². The van der Waals surface area contributed by atoms with Gasteiger partial charge in [-0.25, -0.2) is 4.98 Å². The van der Waals surface area contributed by atoms with Crippen LogP contribution in [0.5, 0.6) is 0 Å². The van der Waals surface area contributed by atoms with Crippen LogP contribution in [0.3, 0.4) is 0 Å². The summed E-state index contributed by atoms with van der Waals surface area (Å²) in [5, 5.41) is 6.18. The molecule has 184 valence electrons. The van der Waals surface area contributed by atoms with Crippen molar-refractivity contribution in [3.63, 3.8) is 0 Å². The molecule has 1 fully saturated rings. The molecule has 36 heavy (non-hydrogen) atoms. The topological polar surface area (TPSA) is 91.4 Å². The number of hydrogen-bond donors (Lipinski definition) is 2. The number of anilines is 2. The molecule has 0 aliphatic carbocycles. The molecule has 0 saturated carbocycles. The van der Waals surface area contributed by atoms with Gasteiger partial charge in [-0.2, -0.15) is 0 Å². The van der Waals surface area contributed by atoms with Crippen molar-refractivity contribution in [3.8, 4) is 0 Å². The van der Waals surface area contributed by atoms with E-state index >= 15 is 0 Å². The minimum atomic E-state index is -0.311. The highest BCUT2D eigenvalue weighted by atomic mass is 35.5. The first-order valence-electron chi connectivity index (χ1n) is 12.1. The van der Waals surface area contributed by atoms with Crippen molar-refractivity contribution in [1.29, 1.82) is 0 Å². The lowest BCUT2D eigenvalue weighted by Crippen LogP contribution is -2.38. The summed E-state index contributed by atoms with van der Waals surface area (Å²) in [6, 6.07) is 14.9. The normalized spacial score (nSPS) is 15.7. The number of halogens is 1. The number of aryl methyl sites for hydroxylation is 2. The van der Waals surface area contributed by atoms with Gasteiger partial charge >= 0.3 is 0 Å². The monoisotopic (exact) mass is 502 g/mol. The summed E-state index contributed by atoms with van der Waals surface area (Å²) in [4.78, 5) is 43.5. The maximum absolute atomic E-state index is 13.3. The van der Waals surface area contributed by atoms with Gasteiger partial charge in [0, 0.05) is 42.6 Å². The smallest absolute Gasteiger partial charge is 0.257 e. The van der Waals surface area contributed by atoms with Crippen molar-refractivity contribution in [2.24, 2.45) is 0 Å². The minimum absolute atomic E-state index is 0.0465. The molecular formula is C28H27ClN4O3. The number of fused-ring (bicyclic) bond motifs is 1. The summed E-state index contributed by atoms with van der Waals surface area (Å²) in [6.45, 7) is 3.19. The predicted octanol–water partition coefficient (Wildman–Crippen LogP) is 5.20. The lowest BCUT2D eigenvalue weighted by Gasteiger charge is -2.33. The first kappa shape index (κ1) is 24.0. The molecule has 2 aliphatic heterocycles. The quantitative estimate of drug-likeness (QED) is 0.480. The van der Waals surface area contributed by atoms with Gasteiger partial charge in [0.25, 0.3) is 11.8 Å². The van der Waals surface area contributed by atoms with Crippen LogP contribution >= 0.6 is 11.6 Å². The lowest BCUT2D eigenvalue weighted by molar-refractivity contribution is -0.116. The third-order valence-electron chi connectivity index (χ3n) is 7.01. The Bertz CT molecular complexity index is 1330. The molecule has 1 aromatic heterocycles. The second-order valence-electron chi connectivity index (χ2n) is 9.38. The number of carbonyl (C=O) groups excluding carboxylic acids is 3. The Labute approximate surface area is 214 Å². The van der Waals surface area contributed by atoms with Crippen molar-refractivity contribution < 1.29 is 14.4 Å². The number of piperidine rings is 1. The molecule has 0 unspecified atom stereocenters. The average molecular weight is 503 g/mol. The van der Waals surface area contributed by atoms with E-state index in [1.165, 1.54) is 17.3 Å². The van der Waals surface area contributed by atoms with Gasteiger partial charge in [-0.15, -0.1) is 0 Å². The highest BCUT2D eigenvalue weighted by Crippen LogP contribution is 2.33. The van der Waals surface area contributed by atoms with E-state index in [4.69, 9.17) is 11.6 Å². The van der Waals surface area contributed by atoms with E-state index < -0.39 is 0 Å². The summed E-state index contributed by atoms with van der Waals surface area (Å²) >= 11 is 5.81. The standard InChI is InChI=1S/C28H27ClN4O3/c1-17-2-3-21(15-23(17)32-27(35)22-6-8-25(29)30-16-22)28(36)33-12-10-18(11-13-33)20-5-4-19-7-9-26(34)31-24(19)14-20/h2-6,8,14-16,18H,7,9-13H2,1H3,(H,31,34)(H,32,35).